The van der Waals surface area contributed by atoms with Crippen molar-refractivity contribution in [2.24, 2.45) is 16.6 Å². The van der Waals surface area contributed by atoms with Crippen LogP contribution in [-0.2, 0) is 17.6 Å². The number of rotatable bonds is 8. The molecule has 1 atom stereocenters. The van der Waals surface area contributed by atoms with Crippen molar-refractivity contribution in [1.29, 1.82) is 0 Å². The Morgan fingerprint density at radius 1 is 1.14 bits per heavy atom. The normalized spacial score (nSPS) is 13.8. The number of ether oxygens (including phenoxy) is 2. The first-order valence-corrected chi connectivity index (χ1v) is 9.42. The standard InChI is InChI=1S/C21H25FN4O3/c1-24-21(25-9-8-15-4-7-18-19(11-15)29-13-28-18)26-12-16(20(23)27)10-14-2-5-17(22)6-3-14/h2-7,11,16H,8-10,12-13H2,1H3,(H2,23,27)(H2,24,25,26). The van der Waals surface area contributed by atoms with E-state index in [1.165, 1.54) is 12.1 Å². The molecular weight excluding hydrogens is 375 g/mol. The Kier molecular flexibility index (Phi) is 6.89. The Bertz CT molecular complexity index is 871. The van der Waals surface area contributed by atoms with Gasteiger partial charge in [0.25, 0.3) is 0 Å². The van der Waals surface area contributed by atoms with Gasteiger partial charge in [0.05, 0.1) is 5.92 Å². The molecule has 0 fully saturated rings. The quantitative estimate of drug-likeness (QED) is 0.462. The van der Waals surface area contributed by atoms with Gasteiger partial charge in [0, 0.05) is 20.1 Å². The number of hydrogen-bond acceptors (Lipinski definition) is 4. The molecule has 8 heteroatoms. The zero-order chi connectivity index (χ0) is 20.6. The summed E-state index contributed by atoms with van der Waals surface area (Å²) in [6, 6.07) is 11.9. The van der Waals surface area contributed by atoms with E-state index in [9.17, 15) is 9.18 Å². The summed E-state index contributed by atoms with van der Waals surface area (Å²) < 4.78 is 23.7. The number of carbonyl (C=O) groups is 1. The number of fused-ring (bicyclic) bond motifs is 1. The minimum absolute atomic E-state index is 0.256. The lowest BCUT2D eigenvalue weighted by Gasteiger charge is -2.17. The van der Waals surface area contributed by atoms with Crippen molar-refractivity contribution in [2.45, 2.75) is 12.8 Å². The first-order valence-electron chi connectivity index (χ1n) is 9.42. The molecule has 1 aliphatic rings. The Hall–Kier alpha value is -3.29. The predicted octanol–water partition coefficient (Wildman–Crippen LogP) is 1.61. The van der Waals surface area contributed by atoms with Crippen LogP contribution < -0.4 is 25.8 Å². The second-order valence-corrected chi connectivity index (χ2v) is 6.75. The molecule has 0 aromatic heterocycles. The molecule has 1 amide bonds. The van der Waals surface area contributed by atoms with Crippen molar-refractivity contribution < 1.29 is 18.7 Å². The van der Waals surface area contributed by atoms with Crippen molar-refractivity contribution in [3.8, 4) is 11.5 Å². The Labute approximate surface area is 169 Å². The lowest BCUT2D eigenvalue weighted by molar-refractivity contribution is -0.121. The van der Waals surface area contributed by atoms with Gasteiger partial charge in [0.1, 0.15) is 5.82 Å². The molecule has 0 aliphatic carbocycles. The summed E-state index contributed by atoms with van der Waals surface area (Å²) in [6.45, 7) is 1.24. The van der Waals surface area contributed by atoms with Crippen LogP contribution in [0.2, 0.25) is 0 Å². The number of aliphatic imine (C=N–C) groups is 1. The summed E-state index contributed by atoms with van der Waals surface area (Å²) in [7, 11) is 1.66. The van der Waals surface area contributed by atoms with E-state index < -0.39 is 11.8 Å². The third-order valence-corrected chi connectivity index (χ3v) is 4.68. The van der Waals surface area contributed by atoms with Gasteiger partial charge in [-0.1, -0.05) is 18.2 Å². The molecule has 0 radical (unpaired) electrons. The van der Waals surface area contributed by atoms with E-state index in [0.717, 1.165) is 29.0 Å². The van der Waals surface area contributed by atoms with Crippen molar-refractivity contribution in [2.75, 3.05) is 26.9 Å². The van der Waals surface area contributed by atoms with E-state index >= 15 is 0 Å². The largest absolute Gasteiger partial charge is 0.454 e. The third-order valence-electron chi connectivity index (χ3n) is 4.68. The monoisotopic (exact) mass is 400 g/mol. The fraction of sp³-hybridized carbons (Fsp3) is 0.333. The van der Waals surface area contributed by atoms with Gasteiger partial charge in [-0.3, -0.25) is 9.79 Å². The van der Waals surface area contributed by atoms with Gasteiger partial charge < -0.3 is 25.8 Å². The maximum absolute atomic E-state index is 13.0. The van der Waals surface area contributed by atoms with E-state index in [2.05, 4.69) is 15.6 Å². The number of guanidine groups is 1. The van der Waals surface area contributed by atoms with E-state index in [0.29, 0.717) is 25.5 Å². The molecule has 7 nitrogen and oxygen atoms in total. The second kappa shape index (κ2) is 9.77. The van der Waals surface area contributed by atoms with Crippen molar-refractivity contribution >= 4 is 11.9 Å². The minimum atomic E-state index is -0.437. The highest BCUT2D eigenvalue weighted by molar-refractivity contribution is 5.81. The van der Waals surface area contributed by atoms with Crippen molar-refractivity contribution in [3.63, 3.8) is 0 Å². The number of amides is 1. The van der Waals surface area contributed by atoms with Crippen LogP contribution in [0.25, 0.3) is 0 Å². The molecule has 0 spiro atoms. The van der Waals surface area contributed by atoms with Crippen LogP contribution in [0.3, 0.4) is 0 Å². The second-order valence-electron chi connectivity index (χ2n) is 6.75. The number of nitrogens with zero attached hydrogens (tertiary/aromatic N) is 1. The van der Waals surface area contributed by atoms with Gasteiger partial charge in [-0.2, -0.15) is 0 Å². The summed E-state index contributed by atoms with van der Waals surface area (Å²) in [5, 5.41) is 6.35. The Morgan fingerprint density at radius 3 is 2.59 bits per heavy atom. The molecule has 0 saturated carbocycles. The van der Waals surface area contributed by atoms with Gasteiger partial charge in [0.2, 0.25) is 12.7 Å². The number of benzene rings is 2. The molecule has 2 aromatic carbocycles. The molecule has 0 bridgehead atoms. The van der Waals surface area contributed by atoms with Gasteiger partial charge in [-0.25, -0.2) is 4.39 Å². The molecule has 1 heterocycles. The van der Waals surface area contributed by atoms with Gasteiger partial charge >= 0.3 is 0 Å². The SMILES string of the molecule is CN=C(NCCc1ccc2c(c1)OCO2)NCC(Cc1ccc(F)cc1)C(N)=O. The summed E-state index contributed by atoms with van der Waals surface area (Å²) in [4.78, 5) is 16.0. The van der Waals surface area contributed by atoms with Crippen LogP contribution in [0.15, 0.2) is 47.5 Å². The molecule has 1 aliphatic heterocycles. The highest BCUT2D eigenvalue weighted by atomic mass is 19.1. The minimum Gasteiger partial charge on any atom is -0.454 e. The highest BCUT2D eigenvalue weighted by Crippen LogP contribution is 2.32. The van der Waals surface area contributed by atoms with Crippen LogP contribution in [0.4, 0.5) is 4.39 Å². The van der Waals surface area contributed by atoms with Gasteiger partial charge in [-0.15, -0.1) is 0 Å². The van der Waals surface area contributed by atoms with Crippen LogP contribution >= 0.6 is 0 Å². The summed E-state index contributed by atoms with van der Waals surface area (Å²) in [5.41, 5.74) is 7.49. The van der Waals surface area contributed by atoms with E-state index in [1.54, 1.807) is 19.2 Å². The Morgan fingerprint density at radius 2 is 1.86 bits per heavy atom. The molecule has 29 heavy (non-hydrogen) atoms. The average Bonchev–Trinajstić information content (AvgIpc) is 3.18. The number of halogens is 1. The zero-order valence-corrected chi connectivity index (χ0v) is 16.3. The lowest BCUT2D eigenvalue weighted by atomic mass is 9.98. The summed E-state index contributed by atoms with van der Waals surface area (Å²) in [6.07, 6.45) is 1.20. The molecule has 2 aromatic rings. The number of nitrogens with two attached hydrogens (primary N) is 1. The molecule has 154 valence electrons. The fourth-order valence-corrected chi connectivity index (χ4v) is 3.04. The first-order chi connectivity index (χ1) is 14.0. The molecule has 1 unspecified atom stereocenters. The van der Waals surface area contributed by atoms with Gasteiger partial charge in [-0.05, 0) is 48.2 Å². The number of primary amides is 1. The van der Waals surface area contributed by atoms with Crippen LogP contribution in [0.1, 0.15) is 11.1 Å². The predicted molar refractivity (Wildman–Crippen MR) is 108 cm³/mol. The van der Waals surface area contributed by atoms with Crippen molar-refractivity contribution in [3.05, 3.63) is 59.4 Å². The van der Waals surface area contributed by atoms with Crippen LogP contribution in [-0.4, -0.2) is 38.8 Å². The topological polar surface area (TPSA) is 98.0 Å². The third kappa shape index (κ3) is 5.84. The summed E-state index contributed by atoms with van der Waals surface area (Å²) in [5.74, 6) is 0.934. The van der Waals surface area contributed by atoms with Crippen LogP contribution in [0.5, 0.6) is 11.5 Å². The molecule has 0 saturated heterocycles. The first kappa shape index (κ1) is 20.4. The Balaban J connectivity index is 1.46. The summed E-state index contributed by atoms with van der Waals surface area (Å²) >= 11 is 0. The molecule has 3 rings (SSSR count). The maximum atomic E-state index is 13.0. The maximum Gasteiger partial charge on any atom is 0.231 e. The smallest absolute Gasteiger partial charge is 0.231 e. The molecular formula is C21H25FN4O3. The lowest BCUT2D eigenvalue weighted by Crippen LogP contribution is -2.43. The van der Waals surface area contributed by atoms with E-state index in [4.69, 9.17) is 15.2 Å². The van der Waals surface area contributed by atoms with Gasteiger partial charge in [0.15, 0.2) is 17.5 Å². The van der Waals surface area contributed by atoms with Crippen LogP contribution in [0, 0.1) is 11.7 Å². The van der Waals surface area contributed by atoms with E-state index in [1.807, 2.05) is 18.2 Å². The number of nitrogens with one attached hydrogen (secondary N) is 2. The number of hydrogen-bond donors (Lipinski definition) is 3. The highest BCUT2D eigenvalue weighted by Gasteiger charge is 2.17. The van der Waals surface area contributed by atoms with E-state index in [-0.39, 0.29) is 12.6 Å². The van der Waals surface area contributed by atoms with Crippen molar-refractivity contribution in [1.82, 2.24) is 10.6 Å². The zero-order valence-electron chi connectivity index (χ0n) is 16.3. The molecule has 4 N–H and O–H groups in total. The average molecular weight is 400 g/mol. The fourth-order valence-electron chi connectivity index (χ4n) is 3.04. The number of carbonyl (C=O) groups excluding carboxylic acids is 1.